The van der Waals surface area contributed by atoms with Gasteiger partial charge in [0.25, 0.3) is 5.91 Å². The van der Waals surface area contributed by atoms with Gasteiger partial charge in [0.05, 0.1) is 6.10 Å². The Morgan fingerprint density at radius 1 is 1.37 bits per heavy atom. The van der Waals surface area contributed by atoms with Crippen molar-refractivity contribution in [3.05, 3.63) is 35.4 Å². The van der Waals surface area contributed by atoms with Crippen LogP contribution < -0.4 is 5.32 Å². The average Bonchev–Trinajstić information content (AvgIpc) is 2.83. The summed E-state index contributed by atoms with van der Waals surface area (Å²) in [5, 5.41) is 12.1. The average molecular weight is 260 g/mol. The molecule has 1 aliphatic rings. The number of amides is 2. The van der Waals surface area contributed by atoms with E-state index in [0.29, 0.717) is 31.6 Å². The molecule has 0 bridgehead atoms. The van der Waals surface area contributed by atoms with Crippen molar-refractivity contribution in [1.29, 1.82) is 0 Å². The van der Waals surface area contributed by atoms with Crippen LogP contribution in [0.15, 0.2) is 24.3 Å². The molecule has 1 aromatic carbocycles. The van der Waals surface area contributed by atoms with Gasteiger partial charge in [-0.1, -0.05) is 12.1 Å². The van der Waals surface area contributed by atoms with Gasteiger partial charge in [-0.3, -0.25) is 9.59 Å². The highest BCUT2D eigenvalue weighted by Gasteiger charge is 2.25. The van der Waals surface area contributed by atoms with Crippen molar-refractivity contribution in [3.8, 4) is 0 Å². The molecule has 0 aromatic heterocycles. The van der Waals surface area contributed by atoms with Crippen LogP contribution in [0.1, 0.15) is 22.3 Å². The second kappa shape index (κ2) is 5.88. The van der Waals surface area contributed by atoms with E-state index >= 15 is 0 Å². The molecule has 19 heavy (non-hydrogen) atoms. The van der Waals surface area contributed by atoms with E-state index in [2.05, 4.69) is 5.32 Å². The molecule has 2 amide bonds. The smallest absolute Gasteiger partial charge is 0.253 e. The molecule has 1 aromatic rings. The number of likely N-dealkylation sites (tertiary alicyclic amines) is 1. The molecule has 2 rings (SSSR count). The van der Waals surface area contributed by atoms with Crippen molar-refractivity contribution in [2.75, 3.05) is 13.1 Å². The lowest BCUT2D eigenvalue weighted by atomic mass is 10.1. The van der Waals surface area contributed by atoms with E-state index in [1.54, 1.807) is 17.0 Å². The number of hydrogen-bond donors (Lipinski definition) is 2. The highest BCUT2D eigenvalue weighted by atomic mass is 16.3. The Labute approximate surface area is 113 Å². The van der Waals surface area contributed by atoms with E-state index in [1.807, 2.05) is 12.1 Å². The summed E-state index contributed by atoms with van der Waals surface area (Å²) >= 11 is 0. The third kappa shape index (κ3) is 3.57. The maximum atomic E-state index is 12.1. The number of aliphatic hydroxyl groups is 1. The van der Waals surface area contributed by atoms with Crippen molar-refractivity contribution in [3.63, 3.8) is 0 Å². The van der Waals surface area contributed by atoms with Crippen LogP contribution in [0.25, 0.3) is 0 Å². The van der Waals surface area contributed by atoms with Crippen molar-refractivity contribution < 1.29 is 14.7 Å². The van der Waals surface area contributed by atoms with Gasteiger partial charge in [0, 0.05) is 25.2 Å². The lowest BCUT2D eigenvalue weighted by molar-refractivity contribution is 0.0765. The van der Waals surface area contributed by atoms with Crippen molar-refractivity contribution >= 4 is 19.6 Å². The Balaban J connectivity index is 1.97. The van der Waals surface area contributed by atoms with Crippen LogP contribution in [0.3, 0.4) is 0 Å². The first-order chi connectivity index (χ1) is 9.06. The summed E-state index contributed by atoms with van der Waals surface area (Å²) in [5.74, 6) is -0.131. The number of hydrogen-bond acceptors (Lipinski definition) is 3. The van der Waals surface area contributed by atoms with Crippen molar-refractivity contribution in [2.24, 2.45) is 0 Å². The van der Waals surface area contributed by atoms with E-state index in [0.717, 1.165) is 5.56 Å². The number of rotatable bonds is 3. The van der Waals surface area contributed by atoms with E-state index < -0.39 is 6.10 Å². The van der Waals surface area contributed by atoms with Crippen LogP contribution in [0, 0.1) is 0 Å². The first-order valence-electron chi connectivity index (χ1n) is 6.37. The van der Waals surface area contributed by atoms with Gasteiger partial charge in [0.1, 0.15) is 0 Å². The number of β-amino-alcohol motifs (C(OH)–C–C–N with tert-alkyl or cyclic N) is 1. The minimum atomic E-state index is -0.400. The Hall–Kier alpha value is -1.82. The van der Waals surface area contributed by atoms with Crippen LogP contribution in [-0.4, -0.2) is 48.8 Å². The maximum absolute atomic E-state index is 12.1. The van der Waals surface area contributed by atoms with Gasteiger partial charge in [0.2, 0.25) is 7.85 Å². The lowest BCUT2D eigenvalue weighted by Gasteiger charge is -2.15. The van der Waals surface area contributed by atoms with Crippen LogP contribution in [-0.2, 0) is 6.54 Å². The monoisotopic (exact) mass is 260 g/mol. The molecule has 1 aliphatic heterocycles. The summed E-state index contributed by atoms with van der Waals surface area (Å²) in [6.45, 7) is 1.48. The highest BCUT2D eigenvalue weighted by molar-refractivity contribution is 6.57. The largest absolute Gasteiger partial charge is 0.391 e. The Bertz CT molecular complexity index is 475. The molecule has 1 fully saturated rings. The zero-order valence-corrected chi connectivity index (χ0v) is 10.9. The maximum Gasteiger partial charge on any atom is 0.253 e. The van der Waals surface area contributed by atoms with Gasteiger partial charge in [-0.25, -0.2) is 0 Å². The van der Waals surface area contributed by atoms with Gasteiger partial charge < -0.3 is 15.3 Å². The Morgan fingerprint density at radius 3 is 2.58 bits per heavy atom. The van der Waals surface area contributed by atoms with Crippen LogP contribution >= 0.6 is 0 Å². The number of carbonyl (C=O) groups excluding carboxylic acids is 2. The SMILES string of the molecule is BC(=O)NCc1ccc(C(=O)N2CC[C@H](O)C2)cc1. The fourth-order valence-corrected chi connectivity index (χ4v) is 2.10. The van der Waals surface area contributed by atoms with E-state index in [4.69, 9.17) is 0 Å². The molecule has 1 atom stereocenters. The second-order valence-corrected chi connectivity index (χ2v) is 4.80. The highest BCUT2D eigenvalue weighted by Crippen LogP contribution is 2.14. The number of nitrogens with zero attached hydrogens (tertiary/aromatic N) is 1. The molecule has 0 aliphatic carbocycles. The summed E-state index contributed by atoms with van der Waals surface area (Å²) in [6, 6.07) is 7.17. The standard InChI is InChI=1S/C13H17BN2O3/c14-13(19)15-7-9-1-3-10(4-2-9)12(18)16-6-5-11(17)8-16/h1-4,11,17H,5-8,14H2,(H,15,19)/t11-/m0/s1. The van der Waals surface area contributed by atoms with E-state index in [-0.39, 0.29) is 11.7 Å². The first kappa shape index (κ1) is 13.6. The first-order valence-corrected chi connectivity index (χ1v) is 6.37. The molecule has 6 heteroatoms. The number of carbonyl (C=O) groups is 2. The molecular weight excluding hydrogens is 243 g/mol. The molecule has 5 nitrogen and oxygen atoms in total. The van der Waals surface area contributed by atoms with Gasteiger partial charge in [0.15, 0.2) is 5.81 Å². The van der Waals surface area contributed by atoms with Gasteiger partial charge in [-0.2, -0.15) is 0 Å². The summed E-state index contributed by atoms with van der Waals surface area (Å²) < 4.78 is 0. The third-order valence-electron chi connectivity index (χ3n) is 3.19. The summed E-state index contributed by atoms with van der Waals surface area (Å²) in [4.78, 5) is 24.6. The number of nitrogens with one attached hydrogen (secondary N) is 1. The lowest BCUT2D eigenvalue weighted by Crippen LogP contribution is -2.29. The van der Waals surface area contributed by atoms with Crippen molar-refractivity contribution in [1.82, 2.24) is 10.2 Å². The number of aliphatic hydroxyl groups excluding tert-OH is 1. The van der Waals surface area contributed by atoms with Gasteiger partial charge in [-0.15, -0.1) is 0 Å². The zero-order valence-electron chi connectivity index (χ0n) is 10.9. The minimum Gasteiger partial charge on any atom is -0.391 e. The molecule has 0 unspecified atom stereocenters. The predicted molar refractivity (Wildman–Crippen MR) is 73.7 cm³/mol. The van der Waals surface area contributed by atoms with Gasteiger partial charge >= 0.3 is 0 Å². The molecule has 100 valence electrons. The van der Waals surface area contributed by atoms with E-state index in [1.165, 1.54) is 7.85 Å². The second-order valence-electron chi connectivity index (χ2n) is 4.80. The molecule has 0 radical (unpaired) electrons. The normalized spacial score (nSPS) is 18.4. The summed E-state index contributed by atoms with van der Waals surface area (Å²) in [7, 11) is 1.47. The number of benzene rings is 1. The summed E-state index contributed by atoms with van der Waals surface area (Å²) in [5.41, 5.74) is 1.56. The predicted octanol–water partition coefficient (Wildman–Crippen LogP) is -0.264. The molecule has 0 saturated carbocycles. The fourth-order valence-electron chi connectivity index (χ4n) is 2.10. The van der Waals surface area contributed by atoms with Crippen LogP contribution in [0.2, 0.25) is 0 Å². The minimum absolute atomic E-state index is 0.0531. The molecule has 1 saturated heterocycles. The molecular formula is C13H17BN2O3. The third-order valence-corrected chi connectivity index (χ3v) is 3.19. The molecule has 0 spiro atoms. The molecule has 2 N–H and O–H groups in total. The van der Waals surface area contributed by atoms with Crippen LogP contribution in [0.5, 0.6) is 0 Å². The van der Waals surface area contributed by atoms with Crippen molar-refractivity contribution in [2.45, 2.75) is 19.1 Å². The van der Waals surface area contributed by atoms with E-state index in [9.17, 15) is 14.7 Å². The topological polar surface area (TPSA) is 69.6 Å². The molecule has 1 heterocycles. The Kier molecular flexibility index (Phi) is 4.22. The quantitative estimate of drug-likeness (QED) is 0.735. The van der Waals surface area contributed by atoms with Crippen LogP contribution in [0.4, 0.5) is 4.79 Å². The fraction of sp³-hybridized carbons (Fsp3) is 0.385. The summed E-state index contributed by atoms with van der Waals surface area (Å²) in [6.07, 6.45) is 0.245. The van der Waals surface area contributed by atoms with Gasteiger partial charge in [-0.05, 0) is 24.1 Å². The zero-order chi connectivity index (χ0) is 13.8. The Morgan fingerprint density at radius 2 is 2.05 bits per heavy atom.